The van der Waals surface area contributed by atoms with Gasteiger partial charge in [-0.05, 0) is 43.6 Å². The lowest BCUT2D eigenvalue weighted by Gasteiger charge is -2.21. The minimum absolute atomic E-state index is 0.0268. The van der Waals surface area contributed by atoms with Gasteiger partial charge >= 0.3 is 6.18 Å². The van der Waals surface area contributed by atoms with E-state index >= 15 is 0 Å². The molecule has 0 radical (unpaired) electrons. The number of amides is 1. The van der Waals surface area contributed by atoms with Crippen LogP contribution in [-0.4, -0.2) is 31.8 Å². The van der Waals surface area contributed by atoms with E-state index in [1.165, 1.54) is 12.1 Å². The van der Waals surface area contributed by atoms with E-state index in [0.29, 0.717) is 6.54 Å². The number of benzene rings is 1. The molecule has 0 aliphatic carbocycles. The van der Waals surface area contributed by atoms with Crippen molar-refractivity contribution in [2.24, 2.45) is 5.92 Å². The number of rotatable bonds is 5. The predicted octanol–water partition coefficient (Wildman–Crippen LogP) is 2.24. The van der Waals surface area contributed by atoms with Gasteiger partial charge in [0.15, 0.2) is 6.61 Å². The molecule has 7 heteroatoms. The van der Waals surface area contributed by atoms with Crippen LogP contribution in [-0.2, 0) is 11.3 Å². The lowest BCUT2D eigenvalue weighted by molar-refractivity contribution is -0.153. The molecule has 1 fully saturated rings. The number of hydrogen-bond donors (Lipinski definition) is 2. The Morgan fingerprint density at radius 3 is 2.45 bits per heavy atom. The van der Waals surface area contributed by atoms with Gasteiger partial charge in [-0.25, -0.2) is 0 Å². The van der Waals surface area contributed by atoms with Crippen molar-refractivity contribution in [3.05, 3.63) is 29.8 Å². The number of ether oxygens (including phenoxy) is 1. The van der Waals surface area contributed by atoms with Gasteiger partial charge in [0.2, 0.25) is 5.91 Å². The Kier molecular flexibility index (Phi) is 5.65. The highest BCUT2D eigenvalue weighted by Gasteiger charge is 2.28. The van der Waals surface area contributed by atoms with Gasteiger partial charge in [-0.3, -0.25) is 4.79 Å². The van der Waals surface area contributed by atoms with E-state index in [1.807, 2.05) is 0 Å². The monoisotopic (exact) mass is 316 g/mol. The average Bonchev–Trinajstić information content (AvgIpc) is 2.52. The lowest BCUT2D eigenvalue weighted by atomic mass is 9.97. The Morgan fingerprint density at radius 1 is 1.23 bits per heavy atom. The summed E-state index contributed by atoms with van der Waals surface area (Å²) in [4.78, 5) is 12.0. The molecule has 0 spiro atoms. The number of piperidine rings is 1. The van der Waals surface area contributed by atoms with Crippen molar-refractivity contribution in [3.63, 3.8) is 0 Å². The average molecular weight is 316 g/mol. The Labute approximate surface area is 127 Å². The first kappa shape index (κ1) is 16.6. The number of hydrogen-bond acceptors (Lipinski definition) is 3. The number of halogens is 3. The van der Waals surface area contributed by atoms with Crippen LogP contribution < -0.4 is 15.4 Å². The second kappa shape index (κ2) is 7.49. The first-order valence-electron chi connectivity index (χ1n) is 7.21. The maximum atomic E-state index is 12.0. The number of carbonyl (C=O) groups is 1. The quantitative estimate of drug-likeness (QED) is 0.876. The fourth-order valence-electron chi connectivity index (χ4n) is 2.29. The summed E-state index contributed by atoms with van der Waals surface area (Å²) < 4.78 is 40.7. The van der Waals surface area contributed by atoms with Crippen molar-refractivity contribution in [1.82, 2.24) is 10.6 Å². The normalized spacial score (nSPS) is 16.3. The van der Waals surface area contributed by atoms with Gasteiger partial charge in [-0.1, -0.05) is 12.1 Å². The molecular weight excluding hydrogens is 297 g/mol. The van der Waals surface area contributed by atoms with Gasteiger partial charge in [0, 0.05) is 12.5 Å². The highest BCUT2D eigenvalue weighted by Crippen LogP contribution is 2.19. The van der Waals surface area contributed by atoms with E-state index in [2.05, 4.69) is 15.4 Å². The standard InChI is InChI=1S/C15H19F3N2O2/c16-15(17,18)10-22-13-3-1-11(2-4-13)9-20-14(21)12-5-7-19-8-6-12/h1-4,12,19H,5-10H2,(H,20,21). The summed E-state index contributed by atoms with van der Waals surface area (Å²) >= 11 is 0. The number of nitrogens with one attached hydrogen (secondary N) is 2. The molecule has 1 aliphatic rings. The molecule has 22 heavy (non-hydrogen) atoms. The summed E-state index contributed by atoms with van der Waals surface area (Å²) in [6.07, 6.45) is -2.69. The van der Waals surface area contributed by atoms with E-state index in [-0.39, 0.29) is 17.6 Å². The van der Waals surface area contributed by atoms with E-state index in [9.17, 15) is 18.0 Å². The first-order valence-corrected chi connectivity index (χ1v) is 7.21. The molecule has 1 amide bonds. The van der Waals surface area contributed by atoms with Crippen LogP contribution in [0.1, 0.15) is 18.4 Å². The smallest absolute Gasteiger partial charge is 0.422 e. The van der Waals surface area contributed by atoms with Crippen LogP contribution >= 0.6 is 0 Å². The molecule has 122 valence electrons. The molecular formula is C15H19F3N2O2. The van der Waals surface area contributed by atoms with E-state index < -0.39 is 12.8 Å². The topological polar surface area (TPSA) is 50.4 Å². The molecule has 2 rings (SSSR count). The van der Waals surface area contributed by atoms with Crippen molar-refractivity contribution in [3.8, 4) is 5.75 Å². The maximum absolute atomic E-state index is 12.0. The molecule has 1 saturated heterocycles. The lowest BCUT2D eigenvalue weighted by Crippen LogP contribution is -2.37. The zero-order valence-electron chi connectivity index (χ0n) is 12.1. The Bertz CT molecular complexity index is 483. The fourth-order valence-corrected chi connectivity index (χ4v) is 2.29. The van der Waals surface area contributed by atoms with Crippen LogP contribution in [0.3, 0.4) is 0 Å². The molecule has 1 aliphatic heterocycles. The van der Waals surface area contributed by atoms with Gasteiger partial charge in [-0.2, -0.15) is 13.2 Å². The van der Waals surface area contributed by atoms with Crippen molar-refractivity contribution in [2.45, 2.75) is 25.6 Å². The number of carbonyl (C=O) groups excluding carboxylic acids is 1. The van der Waals surface area contributed by atoms with Gasteiger partial charge in [0.05, 0.1) is 0 Å². The van der Waals surface area contributed by atoms with Crippen LogP contribution in [0.25, 0.3) is 0 Å². The molecule has 2 N–H and O–H groups in total. The summed E-state index contributed by atoms with van der Waals surface area (Å²) in [6.45, 7) is 0.758. The van der Waals surface area contributed by atoms with Crippen LogP contribution in [0.5, 0.6) is 5.75 Å². The summed E-state index contributed by atoms with van der Waals surface area (Å²) in [5, 5.41) is 6.06. The first-order chi connectivity index (χ1) is 10.4. The Balaban J connectivity index is 1.77. The van der Waals surface area contributed by atoms with E-state index in [4.69, 9.17) is 0 Å². The zero-order valence-corrected chi connectivity index (χ0v) is 12.1. The van der Waals surface area contributed by atoms with Gasteiger partial charge in [0.25, 0.3) is 0 Å². The molecule has 0 aromatic heterocycles. The molecule has 1 aromatic rings. The molecule has 0 atom stereocenters. The van der Waals surface area contributed by atoms with E-state index in [0.717, 1.165) is 31.5 Å². The maximum Gasteiger partial charge on any atom is 0.422 e. The molecule has 4 nitrogen and oxygen atoms in total. The summed E-state index contributed by atoms with van der Waals surface area (Å²) in [6, 6.07) is 6.23. The number of alkyl halides is 3. The van der Waals surface area contributed by atoms with Crippen molar-refractivity contribution in [1.29, 1.82) is 0 Å². The van der Waals surface area contributed by atoms with Crippen molar-refractivity contribution in [2.75, 3.05) is 19.7 Å². The highest BCUT2D eigenvalue weighted by molar-refractivity contribution is 5.78. The minimum atomic E-state index is -4.35. The van der Waals surface area contributed by atoms with Gasteiger partial charge in [0.1, 0.15) is 5.75 Å². The summed E-state index contributed by atoms with van der Waals surface area (Å²) in [5.74, 6) is 0.222. The van der Waals surface area contributed by atoms with E-state index in [1.54, 1.807) is 12.1 Å². The minimum Gasteiger partial charge on any atom is -0.484 e. The van der Waals surface area contributed by atoms with Gasteiger partial charge < -0.3 is 15.4 Å². The molecule has 1 aromatic carbocycles. The van der Waals surface area contributed by atoms with Crippen LogP contribution in [0.2, 0.25) is 0 Å². The molecule has 0 saturated carbocycles. The van der Waals surface area contributed by atoms with Crippen molar-refractivity contribution >= 4 is 5.91 Å². The predicted molar refractivity (Wildman–Crippen MR) is 75.4 cm³/mol. The second-order valence-corrected chi connectivity index (χ2v) is 5.29. The highest BCUT2D eigenvalue weighted by atomic mass is 19.4. The largest absolute Gasteiger partial charge is 0.484 e. The van der Waals surface area contributed by atoms with Crippen LogP contribution in [0, 0.1) is 5.92 Å². The third kappa shape index (κ3) is 5.55. The SMILES string of the molecule is O=C(NCc1ccc(OCC(F)(F)F)cc1)C1CCNCC1. The van der Waals surface area contributed by atoms with Gasteiger partial charge in [-0.15, -0.1) is 0 Å². The van der Waals surface area contributed by atoms with Crippen LogP contribution in [0.4, 0.5) is 13.2 Å². The summed E-state index contributed by atoms with van der Waals surface area (Å²) in [5.41, 5.74) is 0.821. The third-order valence-corrected chi connectivity index (χ3v) is 3.50. The molecule has 0 unspecified atom stereocenters. The molecule has 0 bridgehead atoms. The molecule has 1 heterocycles. The Hall–Kier alpha value is -1.76. The zero-order chi connectivity index (χ0) is 16.0. The second-order valence-electron chi connectivity index (χ2n) is 5.29. The Morgan fingerprint density at radius 2 is 1.86 bits per heavy atom. The third-order valence-electron chi connectivity index (χ3n) is 3.50. The van der Waals surface area contributed by atoms with Crippen molar-refractivity contribution < 1.29 is 22.7 Å². The van der Waals surface area contributed by atoms with Crippen LogP contribution in [0.15, 0.2) is 24.3 Å². The fraction of sp³-hybridized carbons (Fsp3) is 0.533. The summed E-state index contributed by atoms with van der Waals surface area (Å²) in [7, 11) is 0.